The number of nitrogens with one attached hydrogen (secondary N) is 1. The first-order chi connectivity index (χ1) is 11.2. The van der Waals surface area contributed by atoms with Gasteiger partial charge < -0.3 is 15.8 Å². The molecule has 1 heterocycles. The topological polar surface area (TPSA) is 77.2 Å². The van der Waals surface area contributed by atoms with Gasteiger partial charge in [0.05, 0.1) is 12.3 Å². The lowest BCUT2D eigenvalue weighted by atomic mass is 10.1. The number of benzene rings is 1. The van der Waals surface area contributed by atoms with Crippen LogP contribution in [0, 0.1) is 0 Å². The van der Waals surface area contributed by atoms with E-state index in [-0.39, 0.29) is 5.91 Å². The predicted octanol–water partition coefficient (Wildman–Crippen LogP) is 3.11. The number of thiazole rings is 1. The molecule has 0 saturated heterocycles. The molecule has 6 heteroatoms. The van der Waals surface area contributed by atoms with Gasteiger partial charge in [-0.15, -0.1) is 11.3 Å². The molecule has 1 aromatic heterocycles. The maximum absolute atomic E-state index is 12.4. The van der Waals surface area contributed by atoms with E-state index in [1.165, 1.54) is 11.3 Å². The van der Waals surface area contributed by atoms with Crippen molar-refractivity contribution in [2.45, 2.75) is 26.2 Å². The van der Waals surface area contributed by atoms with Crippen LogP contribution >= 0.6 is 11.3 Å². The number of rotatable bonds is 8. The monoisotopic (exact) mass is 333 g/mol. The molecule has 0 spiro atoms. The fourth-order valence-corrected chi connectivity index (χ4v) is 3.17. The normalized spacial score (nSPS) is 10.7. The van der Waals surface area contributed by atoms with Crippen molar-refractivity contribution >= 4 is 22.9 Å². The zero-order chi connectivity index (χ0) is 16.7. The zero-order valence-electron chi connectivity index (χ0n) is 13.6. The standard InChI is InChI=1S/C17H23N3O2S/c1-3-4-5-14-15(16(21)19-10-11-22-2)23-17(20-14)12-6-8-13(18)9-7-12/h6-9H,3-5,10-11,18H2,1-2H3,(H,19,21). The molecule has 0 bridgehead atoms. The van der Waals surface area contributed by atoms with Crippen LogP contribution in [-0.4, -0.2) is 31.2 Å². The van der Waals surface area contributed by atoms with E-state index in [4.69, 9.17) is 10.5 Å². The molecule has 5 nitrogen and oxygen atoms in total. The number of methoxy groups -OCH3 is 1. The van der Waals surface area contributed by atoms with E-state index in [9.17, 15) is 4.79 Å². The fourth-order valence-electron chi connectivity index (χ4n) is 2.14. The molecule has 3 N–H and O–H groups in total. The lowest BCUT2D eigenvalue weighted by Crippen LogP contribution is -2.27. The number of hydrogen-bond donors (Lipinski definition) is 2. The Hall–Kier alpha value is -1.92. The number of ether oxygens (including phenoxy) is 1. The minimum absolute atomic E-state index is 0.0765. The van der Waals surface area contributed by atoms with Gasteiger partial charge >= 0.3 is 0 Å². The average molecular weight is 333 g/mol. The van der Waals surface area contributed by atoms with Gasteiger partial charge in [-0.05, 0) is 37.1 Å². The van der Waals surface area contributed by atoms with Crippen molar-refractivity contribution in [1.82, 2.24) is 10.3 Å². The van der Waals surface area contributed by atoms with Crippen molar-refractivity contribution in [1.29, 1.82) is 0 Å². The first kappa shape index (κ1) is 17.4. The summed E-state index contributed by atoms with van der Waals surface area (Å²) in [5.74, 6) is -0.0765. The number of nitrogens with two attached hydrogens (primary N) is 1. The van der Waals surface area contributed by atoms with Crippen molar-refractivity contribution in [2.24, 2.45) is 0 Å². The lowest BCUT2D eigenvalue weighted by molar-refractivity contribution is 0.0940. The van der Waals surface area contributed by atoms with Crippen LogP contribution in [0.4, 0.5) is 5.69 Å². The van der Waals surface area contributed by atoms with Gasteiger partial charge in [0.2, 0.25) is 0 Å². The highest BCUT2D eigenvalue weighted by Gasteiger charge is 2.18. The number of nitrogens with zero attached hydrogens (tertiary/aromatic N) is 1. The molecule has 1 amide bonds. The highest BCUT2D eigenvalue weighted by atomic mass is 32.1. The third-order valence-corrected chi connectivity index (χ3v) is 4.57. The van der Waals surface area contributed by atoms with Gasteiger partial charge in [0, 0.05) is 24.9 Å². The van der Waals surface area contributed by atoms with E-state index in [2.05, 4.69) is 17.2 Å². The number of unbranched alkanes of at least 4 members (excludes halogenated alkanes) is 1. The number of carbonyl (C=O) groups is 1. The summed E-state index contributed by atoms with van der Waals surface area (Å²) in [6.45, 7) is 3.13. The summed E-state index contributed by atoms with van der Waals surface area (Å²) in [4.78, 5) is 17.8. The van der Waals surface area contributed by atoms with Crippen LogP contribution in [0.1, 0.15) is 35.1 Å². The van der Waals surface area contributed by atoms with Crippen molar-refractivity contribution in [3.63, 3.8) is 0 Å². The number of aromatic nitrogens is 1. The van der Waals surface area contributed by atoms with Crippen molar-refractivity contribution < 1.29 is 9.53 Å². The molecule has 0 saturated carbocycles. The Kier molecular flexibility index (Phi) is 6.55. The Morgan fingerprint density at radius 2 is 2.09 bits per heavy atom. The molecule has 0 unspecified atom stereocenters. The van der Waals surface area contributed by atoms with E-state index in [0.29, 0.717) is 23.7 Å². The molecular formula is C17H23N3O2S. The number of anilines is 1. The van der Waals surface area contributed by atoms with E-state index >= 15 is 0 Å². The van der Waals surface area contributed by atoms with Crippen LogP contribution in [0.15, 0.2) is 24.3 Å². The molecule has 1 aromatic carbocycles. The van der Waals surface area contributed by atoms with Gasteiger partial charge in [0.1, 0.15) is 9.88 Å². The second kappa shape index (κ2) is 8.64. The van der Waals surface area contributed by atoms with Crippen LogP contribution < -0.4 is 11.1 Å². The quantitative estimate of drug-likeness (QED) is 0.575. The molecule has 23 heavy (non-hydrogen) atoms. The molecule has 0 radical (unpaired) electrons. The molecule has 0 aliphatic rings. The average Bonchev–Trinajstić information content (AvgIpc) is 2.98. The van der Waals surface area contributed by atoms with Gasteiger partial charge in [-0.25, -0.2) is 4.98 Å². The summed E-state index contributed by atoms with van der Waals surface area (Å²) in [5.41, 5.74) is 8.30. The number of hydrogen-bond acceptors (Lipinski definition) is 5. The Morgan fingerprint density at radius 1 is 1.35 bits per heavy atom. The Morgan fingerprint density at radius 3 is 2.74 bits per heavy atom. The molecule has 2 aromatic rings. The molecular weight excluding hydrogens is 310 g/mol. The SMILES string of the molecule is CCCCc1nc(-c2ccc(N)cc2)sc1C(=O)NCCOC. The predicted molar refractivity (Wildman–Crippen MR) is 94.8 cm³/mol. The number of amides is 1. The largest absolute Gasteiger partial charge is 0.399 e. The molecule has 0 atom stereocenters. The maximum Gasteiger partial charge on any atom is 0.263 e. The zero-order valence-corrected chi connectivity index (χ0v) is 14.4. The Bertz CT molecular complexity index is 638. The summed E-state index contributed by atoms with van der Waals surface area (Å²) >= 11 is 1.43. The van der Waals surface area contributed by atoms with Gasteiger partial charge in [-0.3, -0.25) is 4.79 Å². The lowest BCUT2D eigenvalue weighted by Gasteiger charge is -2.04. The summed E-state index contributed by atoms with van der Waals surface area (Å²) in [6.07, 6.45) is 2.90. The maximum atomic E-state index is 12.4. The molecule has 0 aliphatic heterocycles. The summed E-state index contributed by atoms with van der Waals surface area (Å²) in [6, 6.07) is 7.57. The third kappa shape index (κ3) is 4.77. The highest BCUT2D eigenvalue weighted by molar-refractivity contribution is 7.17. The van der Waals surface area contributed by atoms with Crippen molar-refractivity contribution in [3.05, 3.63) is 34.8 Å². The smallest absolute Gasteiger partial charge is 0.263 e. The van der Waals surface area contributed by atoms with Crippen LogP contribution in [0.2, 0.25) is 0 Å². The number of carbonyl (C=O) groups excluding carboxylic acids is 1. The second-order valence-corrected chi connectivity index (χ2v) is 6.27. The van der Waals surface area contributed by atoms with E-state index in [1.54, 1.807) is 7.11 Å². The van der Waals surface area contributed by atoms with Crippen molar-refractivity contribution in [3.8, 4) is 10.6 Å². The van der Waals surface area contributed by atoms with Gasteiger partial charge in [-0.1, -0.05) is 13.3 Å². The third-order valence-electron chi connectivity index (χ3n) is 3.42. The van der Waals surface area contributed by atoms with Crippen LogP contribution in [0.25, 0.3) is 10.6 Å². The van der Waals surface area contributed by atoms with Crippen LogP contribution in [0.3, 0.4) is 0 Å². The molecule has 0 aliphatic carbocycles. The fraction of sp³-hybridized carbons (Fsp3) is 0.412. The minimum Gasteiger partial charge on any atom is -0.399 e. The first-order valence-corrected chi connectivity index (χ1v) is 8.60. The summed E-state index contributed by atoms with van der Waals surface area (Å²) < 4.78 is 4.97. The van der Waals surface area contributed by atoms with Gasteiger partial charge in [-0.2, -0.15) is 0 Å². The van der Waals surface area contributed by atoms with E-state index in [1.807, 2.05) is 24.3 Å². The summed E-state index contributed by atoms with van der Waals surface area (Å²) in [7, 11) is 1.62. The van der Waals surface area contributed by atoms with Crippen LogP contribution in [0.5, 0.6) is 0 Å². The summed E-state index contributed by atoms with van der Waals surface area (Å²) in [5, 5.41) is 3.73. The van der Waals surface area contributed by atoms with Gasteiger partial charge in [0.25, 0.3) is 5.91 Å². The molecule has 2 rings (SSSR count). The first-order valence-electron chi connectivity index (χ1n) is 7.78. The Balaban J connectivity index is 2.24. The number of nitrogen functional groups attached to an aromatic ring is 1. The van der Waals surface area contributed by atoms with Gasteiger partial charge in [0.15, 0.2) is 0 Å². The van der Waals surface area contributed by atoms with Crippen molar-refractivity contribution in [2.75, 3.05) is 26.0 Å². The highest BCUT2D eigenvalue weighted by Crippen LogP contribution is 2.29. The minimum atomic E-state index is -0.0765. The molecule has 0 fully saturated rings. The second-order valence-electron chi connectivity index (χ2n) is 5.27. The Labute approximate surface area is 140 Å². The number of aryl methyl sites for hydroxylation is 1. The van der Waals surface area contributed by atoms with E-state index in [0.717, 1.165) is 35.5 Å². The van der Waals surface area contributed by atoms with Crippen LogP contribution in [-0.2, 0) is 11.2 Å². The van der Waals surface area contributed by atoms with E-state index < -0.39 is 0 Å². The molecule has 124 valence electrons.